The molecule has 7 heteroatoms. The quantitative estimate of drug-likeness (QED) is 0.346. The second-order valence-corrected chi connectivity index (χ2v) is 11.0. The first kappa shape index (κ1) is 25.6. The number of nitrogens with one attached hydrogen (secondary N) is 1. The molecule has 1 N–H and O–H groups in total. The molecule has 3 rings (SSSR count). The molecule has 6 nitrogen and oxygen atoms in total. The van der Waals surface area contributed by atoms with Crippen LogP contribution in [0.25, 0.3) is 21.9 Å². The maximum absolute atomic E-state index is 13.3. The van der Waals surface area contributed by atoms with Crippen LogP contribution >= 0.6 is 15.9 Å². The van der Waals surface area contributed by atoms with Gasteiger partial charge in [-0.25, -0.2) is 15.0 Å². The van der Waals surface area contributed by atoms with Crippen molar-refractivity contribution in [3.8, 4) is 11.1 Å². The fraction of sp³-hybridized carbons (Fsp3) is 0.333. The Bertz CT molecular complexity index is 1220. The predicted molar refractivity (Wildman–Crippen MR) is 140 cm³/mol. The van der Waals surface area contributed by atoms with Crippen LogP contribution in [-0.2, 0) is 9.47 Å². The first-order chi connectivity index (χ1) is 15.7. The zero-order valence-corrected chi connectivity index (χ0v) is 22.2. The Balaban J connectivity index is 2.22. The average molecular weight is 527 g/mol. The molecular formula is C27H31BrN2O4. The van der Waals surface area contributed by atoms with E-state index in [1.54, 1.807) is 41.5 Å². The van der Waals surface area contributed by atoms with E-state index in [9.17, 15) is 9.59 Å². The van der Waals surface area contributed by atoms with Gasteiger partial charge in [0.05, 0.1) is 5.69 Å². The van der Waals surface area contributed by atoms with Crippen LogP contribution in [0.2, 0.25) is 0 Å². The highest BCUT2D eigenvalue weighted by Crippen LogP contribution is 2.41. The maximum Gasteiger partial charge on any atom is 0.434 e. The monoisotopic (exact) mass is 526 g/mol. The number of halogens is 1. The second kappa shape index (κ2) is 9.66. The highest BCUT2D eigenvalue weighted by molar-refractivity contribution is 9.10. The van der Waals surface area contributed by atoms with Crippen molar-refractivity contribution in [1.29, 1.82) is 0 Å². The Morgan fingerprint density at radius 1 is 0.882 bits per heavy atom. The molecule has 0 aliphatic rings. The van der Waals surface area contributed by atoms with Crippen LogP contribution in [0.3, 0.4) is 0 Å². The summed E-state index contributed by atoms with van der Waals surface area (Å²) in [6, 6.07) is 17.8. The standard InChI is InChI=1S/C27H31BrN2O4/c1-17-15-21(28)23(20-14-10-12-18-11-8-9-13-19(18)20)22(16-17)30(25(32)34-27(5,6)7)29-24(31)33-26(2,3)4/h8-16H,1-7H3,(H,29,31). The number of carbonyl (C=O) groups is 2. The van der Waals surface area contributed by atoms with Crippen molar-refractivity contribution in [3.63, 3.8) is 0 Å². The van der Waals surface area contributed by atoms with Crippen LogP contribution in [0.4, 0.5) is 15.3 Å². The number of fused-ring (bicyclic) bond motifs is 1. The van der Waals surface area contributed by atoms with E-state index in [1.165, 1.54) is 0 Å². The highest BCUT2D eigenvalue weighted by atomic mass is 79.9. The molecule has 0 fully saturated rings. The lowest BCUT2D eigenvalue weighted by Crippen LogP contribution is -2.50. The zero-order valence-electron chi connectivity index (χ0n) is 20.7. The lowest BCUT2D eigenvalue weighted by molar-refractivity contribution is 0.0425. The molecule has 0 aliphatic carbocycles. The molecule has 0 atom stereocenters. The van der Waals surface area contributed by atoms with E-state index in [0.29, 0.717) is 5.69 Å². The number of aryl methyl sites for hydroxylation is 1. The molecule has 0 saturated carbocycles. The fourth-order valence-electron chi connectivity index (χ4n) is 3.51. The number of nitrogens with zero attached hydrogens (tertiary/aromatic N) is 1. The molecule has 0 spiro atoms. The van der Waals surface area contributed by atoms with Crippen molar-refractivity contribution in [2.24, 2.45) is 0 Å². The Morgan fingerprint density at radius 2 is 1.50 bits per heavy atom. The summed E-state index contributed by atoms with van der Waals surface area (Å²) in [6.07, 6.45) is -1.49. The number of amides is 2. The van der Waals surface area contributed by atoms with E-state index in [0.717, 1.165) is 36.9 Å². The Hall–Kier alpha value is -3.06. The van der Waals surface area contributed by atoms with E-state index in [1.807, 2.05) is 61.5 Å². The van der Waals surface area contributed by atoms with Crippen molar-refractivity contribution < 1.29 is 19.1 Å². The average Bonchev–Trinajstić information content (AvgIpc) is 2.68. The molecule has 0 unspecified atom stereocenters. The van der Waals surface area contributed by atoms with Crippen molar-refractivity contribution >= 4 is 44.6 Å². The van der Waals surface area contributed by atoms with Crippen LogP contribution in [-0.4, -0.2) is 23.4 Å². The molecule has 34 heavy (non-hydrogen) atoms. The topological polar surface area (TPSA) is 67.9 Å². The molecule has 2 amide bonds. The van der Waals surface area contributed by atoms with Gasteiger partial charge in [-0.15, -0.1) is 0 Å². The predicted octanol–water partition coefficient (Wildman–Crippen LogP) is 7.76. The minimum absolute atomic E-state index is 0.461. The summed E-state index contributed by atoms with van der Waals surface area (Å²) >= 11 is 3.69. The highest BCUT2D eigenvalue weighted by Gasteiger charge is 2.30. The lowest BCUT2D eigenvalue weighted by Gasteiger charge is -2.30. The first-order valence-electron chi connectivity index (χ1n) is 11.1. The molecule has 0 aliphatic heterocycles. The molecule has 180 valence electrons. The van der Waals surface area contributed by atoms with Crippen LogP contribution in [0, 0.1) is 6.92 Å². The molecule has 0 bridgehead atoms. The van der Waals surface area contributed by atoms with E-state index < -0.39 is 23.4 Å². The largest absolute Gasteiger partial charge is 0.443 e. The number of carbonyl (C=O) groups excluding carboxylic acids is 2. The van der Waals surface area contributed by atoms with Crippen LogP contribution in [0.15, 0.2) is 59.1 Å². The van der Waals surface area contributed by atoms with E-state index in [4.69, 9.17) is 9.47 Å². The van der Waals surface area contributed by atoms with Gasteiger partial charge in [-0.05, 0) is 82.5 Å². The fourth-order valence-corrected chi connectivity index (χ4v) is 4.29. The molecule has 3 aromatic carbocycles. The van der Waals surface area contributed by atoms with E-state index in [2.05, 4.69) is 21.4 Å². The van der Waals surface area contributed by atoms with Crippen LogP contribution in [0.1, 0.15) is 47.1 Å². The summed E-state index contributed by atoms with van der Waals surface area (Å²) in [5.41, 5.74) is 4.09. The number of ether oxygens (including phenoxy) is 2. The van der Waals surface area contributed by atoms with Gasteiger partial charge in [0.1, 0.15) is 11.2 Å². The molecule has 0 saturated heterocycles. The van der Waals surface area contributed by atoms with E-state index in [-0.39, 0.29) is 0 Å². The van der Waals surface area contributed by atoms with Crippen molar-refractivity contribution in [3.05, 3.63) is 64.6 Å². The van der Waals surface area contributed by atoms with Gasteiger partial charge in [-0.1, -0.05) is 58.4 Å². The van der Waals surface area contributed by atoms with Crippen LogP contribution < -0.4 is 10.4 Å². The van der Waals surface area contributed by atoms with Gasteiger partial charge in [-0.2, -0.15) is 5.01 Å². The minimum atomic E-state index is -0.772. The third-order valence-corrected chi connectivity index (χ3v) is 5.32. The van der Waals surface area contributed by atoms with Crippen molar-refractivity contribution in [1.82, 2.24) is 5.43 Å². The molecular weight excluding hydrogens is 496 g/mol. The summed E-state index contributed by atoms with van der Waals surface area (Å²) in [4.78, 5) is 26.1. The van der Waals surface area contributed by atoms with Crippen molar-refractivity contribution in [2.45, 2.75) is 59.7 Å². The maximum atomic E-state index is 13.3. The third-order valence-electron chi connectivity index (χ3n) is 4.69. The summed E-state index contributed by atoms with van der Waals surface area (Å²) in [5, 5.41) is 3.19. The number of hydrazine groups is 1. The van der Waals surface area contributed by atoms with Gasteiger partial charge >= 0.3 is 12.2 Å². The van der Waals surface area contributed by atoms with Gasteiger partial charge < -0.3 is 9.47 Å². The van der Waals surface area contributed by atoms with Gasteiger partial charge in [0.25, 0.3) is 0 Å². The van der Waals surface area contributed by atoms with Gasteiger partial charge in [0.2, 0.25) is 0 Å². The number of benzene rings is 3. The summed E-state index contributed by atoms with van der Waals surface area (Å²) in [7, 11) is 0. The van der Waals surface area contributed by atoms with Gasteiger partial charge in [0.15, 0.2) is 0 Å². The number of rotatable bonds is 2. The molecule has 0 aromatic heterocycles. The Morgan fingerprint density at radius 3 is 2.15 bits per heavy atom. The first-order valence-corrected chi connectivity index (χ1v) is 11.9. The molecule has 0 heterocycles. The summed E-state index contributed by atoms with van der Waals surface area (Å²) < 4.78 is 11.9. The normalized spacial score (nSPS) is 11.8. The van der Waals surface area contributed by atoms with Crippen molar-refractivity contribution in [2.75, 3.05) is 5.01 Å². The number of hydrogen-bond acceptors (Lipinski definition) is 4. The van der Waals surface area contributed by atoms with Crippen LogP contribution in [0.5, 0.6) is 0 Å². The second-order valence-electron chi connectivity index (χ2n) is 10.1. The summed E-state index contributed by atoms with van der Waals surface area (Å²) in [6.45, 7) is 12.5. The Kier molecular flexibility index (Phi) is 7.26. The van der Waals surface area contributed by atoms with Gasteiger partial charge in [0, 0.05) is 10.0 Å². The molecule has 0 radical (unpaired) electrons. The smallest absolute Gasteiger partial charge is 0.434 e. The lowest BCUT2D eigenvalue weighted by atomic mass is 9.96. The SMILES string of the molecule is Cc1cc(Br)c(-c2cccc3ccccc23)c(N(NC(=O)OC(C)(C)C)C(=O)OC(C)(C)C)c1. The summed E-state index contributed by atoms with van der Waals surface area (Å²) in [5.74, 6) is 0. The van der Waals surface area contributed by atoms with Gasteiger partial charge in [-0.3, -0.25) is 0 Å². The number of anilines is 1. The zero-order chi connectivity index (χ0) is 25.3. The third kappa shape index (κ3) is 6.29. The number of hydrogen-bond donors (Lipinski definition) is 1. The Labute approximate surface area is 209 Å². The minimum Gasteiger partial charge on any atom is -0.443 e. The molecule has 3 aromatic rings. The van der Waals surface area contributed by atoms with E-state index >= 15 is 0 Å².